The van der Waals surface area contributed by atoms with Gasteiger partial charge in [-0.2, -0.15) is 0 Å². The van der Waals surface area contributed by atoms with Crippen molar-refractivity contribution in [3.05, 3.63) is 66.6 Å². The standard InChI is InChI=1S/C35H35FN6O3/c1-5-27(43)40-17-25-35(44)42-26(24-13-8-14-39(24)4)18-45-34-33(42)32(41(25)16-20(40)3)23-15-37-30(29(36)31(23)38-34)22-12-7-11-21-10-6-9-19(2)28(21)22/h5-7,9-12,15,20,24-26H,1,8,13-14,16-18H2,2-4H3/t20-,24+,25-,26+/m1/s1. The summed E-state index contributed by atoms with van der Waals surface area (Å²) in [6, 6.07) is 10.8. The average molecular weight is 607 g/mol. The van der Waals surface area contributed by atoms with Crippen molar-refractivity contribution in [3.63, 3.8) is 0 Å². The molecule has 0 radical (unpaired) electrons. The van der Waals surface area contributed by atoms with Gasteiger partial charge in [-0.05, 0) is 62.7 Å². The Morgan fingerprint density at radius 3 is 2.69 bits per heavy atom. The number of ether oxygens (including phenoxy) is 1. The molecule has 0 unspecified atom stereocenters. The Morgan fingerprint density at radius 2 is 1.93 bits per heavy atom. The zero-order valence-electron chi connectivity index (χ0n) is 25.7. The number of hydrogen-bond acceptors (Lipinski definition) is 7. The molecule has 0 saturated carbocycles. The minimum absolute atomic E-state index is 0.0939. The van der Waals surface area contributed by atoms with Gasteiger partial charge in [0.2, 0.25) is 11.8 Å². The summed E-state index contributed by atoms with van der Waals surface area (Å²) in [6.07, 6.45) is 4.97. The molecular weight excluding hydrogens is 571 g/mol. The molecule has 2 aromatic heterocycles. The number of hydrogen-bond donors (Lipinski definition) is 0. The second-order valence-electron chi connectivity index (χ2n) is 12.8. The fourth-order valence-electron chi connectivity index (χ4n) is 8.07. The van der Waals surface area contributed by atoms with Crippen molar-refractivity contribution >= 4 is 44.9 Å². The fourth-order valence-corrected chi connectivity index (χ4v) is 8.07. The van der Waals surface area contributed by atoms with Crippen LogP contribution in [-0.4, -0.2) is 89.0 Å². The van der Waals surface area contributed by atoms with E-state index in [1.807, 2.05) is 60.0 Å². The van der Waals surface area contributed by atoms with Crippen LogP contribution in [0.4, 0.5) is 15.8 Å². The van der Waals surface area contributed by atoms with Crippen LogP contribution in [0, 0.1) is 12.7 Å². The third kappa shape index (κ3) is 4.01. The number of nitrogens with zero attached hydrogens (tertiary/aromatic N) is 6. The molecular formula is C35H35FN6O3. The van der Waals surface area contributed by atoms with Crippen LogP contribution >= 0.6 is 0 Å². The Balaban J connectivity index is 1.36. The summed E-state index contributed by atoms with van der Waals surface area (Å²) in [7, 11) is 2.08. The van der Waals surface area contributed by atoms with E-state index in [4.69, 9.17) is 14.7 Å². The third-order valence-electron chi connectivity index (χ3n) is 10.2. The predicted octanol–water partition coefficient (Wildman–Crippen LogP) is 4.69. The van der Waals surface area contributed by atoms with Crippen LogP contribution in [0.1, 0.15) is 25.3 Å². The molecule has 45 heavy (non-hydrogen) atoms. The van der Waals surface area contributed by atoms with Crippen molar-refractivity contribution in [2.75, 3.05) is 43.1 Å². The van der Waals surface area contributed by atoms with Gasteiger partial charge in [-0.15, -0.1) is 0 Å². The van der Waals surface area contributed by atoms with E-state index in [-0.39, 0.29) is 60.2 Å². The lowest BCUT2D eigenvalue weighted by Crippen LogP contribution is -2.69. The maximum absolute atomic E-state index is 16.8. The smallest absolute Gasteiger partial charge is 0.252 e. The monoisotopic (exact) mass is 606 g/mol. The number of halogens is 1. The summed E-state index contributed by atoms with van der Waals surface area (Å²) >= 11 is 0. The lowest BCUT2D eigenvalue weighted by atomic mass is 9.93. The Bertz CT molecular complexity index is 1920. The van der Waals surface area contributed by atoms with Crippen LogP contribution in [-0.2, 0) is 9.59 Å². The van der Waals surface area contributed by atoms with Crippen molar-refractivity contribution in [1.29, 1.82) is 0 Å². The van der Waals surface area contributed by atoms with Crippen LogP contribution in [0.15, 0.2) is 55.3 Å². The van der Waals surface area contributed by atoms with Crippen molar-refractivity contribution in [2.24, 2.45) is 0 Å². The number of carbonyl (C=O) groups excluding carboxylic acids is 2. The van der Waals surface area contributed by atoms with Crippen molar-refractivity contribution in [1.82, 2.24) is 19.8 Å². The maximum Gasteiger partial charge on any atom is 0.252 e. The van der Waals surface area contributed by atoms with E-state index >= 15 is 4.39 Å². The molecule has 0 N–H and O–H groups in total. The van der Waals surface area contributed by atoms with Crippen LogP contribution in [0.2, 0.25) is 0 Å². The lowest BCUT2D eigenvalue weighted by molar-refractivity contribution is -0.131. The Hall–Kier alpha value is -4.57. The molecule has 0 spiro atoms. The molecule has 230 valence electrons. The topological polar surface area (TPSA) is 82.1 Å². The van der Waals surface area contributed by atoms with Gasteiger partial charge in [-0.25, -0.2) is 9.37 Å². The van der Waals surface area contributed by atoms with Gasteiger partial charge in [0.05, 0.1) is 18.3 Å². The van der Waals surface area contributed by atoms with E-state index in [2.05, 4.69) is 18.5 Å². The first kappa shape index (κ1) is 27.9. The number of benzene rings is 2. The number of likely N-dealkylation sites (N-methyl/N-ethyl adjacent to an activating group) is 1. The highest BCUT2D eigenvalue weighted by atomic mass is 19.1. The Morgan fingerprint density at radius 1 is 1.13 bits per heavy atom. The second kappa shape index (κ2) is 10.2. The highest BCUT2D eigenvalue weighted by molar-refractivity contribution is 6.15. The number of fused-ring (bicyclic) bond motifs is 5. The highest BCUT2D eigenvalue weighted by Gasteiger charge is 2.52. The van der Waals surface area contributed by atoms with Crippen LogP contribution in [0.5, 0.6) is 5.88 Å². The van der Waals surface area contributed by atoms with Gasteiger partial charge in [0.25, 0.3) is 5.91 Å². The number of aryl methyl sites for hydroxylation is 1. The van der Waals surface area contributed by atoms with Gasteiger partial charge in [0.1, 0.15) is 29.5 Å². The number of likely N-dealkylation sites (tertiary alicyclic amines) is 1. The van der Waals surface area contributed by atoms with Crippen LogP contribution < -0.4 is 14.5 Å². The summed E-state index contributed by atoms with van der Waals surface area (Å²) in [5, 5.41) is 2.47. The highest BCUT2D eigenvalue weighted by Crippen LogP contribution is 2.51. The van der Waals surface area contributed by atoms with Crippen molar-refractivity contribution in [2.45, 2.75) is 50.9 Å². The quantitative estimate of drug-likeness (QED) is 0.313. The summed E-state index contributed by atoms with van der Waals surface area (Å²) in [6.45, 7) is 9.44. The number of amides is 2. The summed E-state index contributed by atoms with van der Waals surface area (Å²) in [4.78, 5) is 44.7. The molecule has 2 aromatic carbocycles. The number of rotatable bonds is 3. The largest absolute Gasteiger partial charge is 0.474 e. The van der Waals surface area contributed by atoms with E-state index in [9.17, 15) is 9.59 Å². The van der Waals surface area contributed by atoms with E-state index in [0.29, 0.717) is 28.9 Å². The number of carbonyl (C=O) groups is 2. The SMILES string of the molecule is C=CC(=O)N1C[C@@H]2C(=O)N3c4c(nc5c(F)c(-c6cccc7cccc(C)c67)ncc5c4N2C[C@H]1C)OC[C@H]3[C@@H]1CCCN1C. The minimum Gasteiger partial charge on any atom is -0.474 e. The van der Waals surface area contributed by atoms with Gasteiger partial charge in [-0.3, -0.25) is 19.5 Å². The normalized spacial score (nSPS) is 24.5. The van der Waals surface area contributed by atoms with Gasteiger partial charge < -0.3 is 19.4 Å². The van der Waals surface area contributed by atoms with E-state index in [0.717, 1.165) is 35.7 Å². The first-order valence-corrected chi connectivity index (χ1v) is 15.6. The number of pyridine rings is 2. The number of piperazine rings is 1. The van der Waals surface area contributed by atoms with Crippen LogP contribution in [0.25, 0.3) is 32.9 Å². The second-order valence-corrected chi connectivity index (χ2v) is 12.8. The molecule has 9 nitrogen and oxygen atoms in total. The zero-order chi connectivity index (χ0) is 31.1. The van der Waals surface area contributed by atoms with Crippen LogP contribution in [0.3, 0.4) is 0 Å². The molecule has 10 heteroatoms. The van der Waals surface area contributed by atoms with Crippen molar-refractivity contribution < 1.29 is 18.7 Å². The molecule has 0 aliphatic carbocycles. The van der Waals surface area contributed by atoms with E-state index in [1.54, 1.807) is 11.1 Å². The summed E-state index contributed by atoms with van der Waals surface area (Å²) < 4.78 is 23.2. The molecule has 2 amide bonds. The zero-order valence-corrected chi connectivity index (χ0v) is 25.7. The van der Waals surface area contributed by atoms with Gasteiger partial charge in [0, 0.05) is 35.8 Å². The van der Waals surface area contributed by atoms with E-state index < -0.39 is 11.9 Å². The van der Waals surface area contributed by atoms with Gasteiger partial charge in [-0.1, -0.05) is 43.0 Å². The first-order chi connectivity index (χ1) is 21.8. The molecule has 2 fully saturated rings. The summed E-state index contributed by atoms with van der Waals surface area (Å²) in [5.41, 5.74) is 3.37. The lowest BCUT2D eigenvalue weighted by Gasteiger charge is -2.53. The number of aromatic nitrogens is 2. The minimum atomic E-state index is -0.646. The molecule has 2 saturated heterocycles. The third-order valence-corrected chi connectivity index (χ3v) is 10.2. The van der Waals surface area contributed by atoms with Gasteiger partial charge in [0.15, 0.2) is 5.82 Å². The van der Waals surface area contributed by atoms with Gasteiger partial charge >= 0.3 is 0 Å². The summed E-state index contributed by atoms with van der Waals surface area (Å²) in [5.74, 6) is -0.581. The first-order valence-electron chi connectivity index (χ1n) is 15.6. The number of anilines is 2. The average Bonchev–Trinajstić information content (AvgIpc) is 3.47. The Labute approximate surface area is 260 Å². The maximum atomic E-state index is 16.8. The van der Waals surface area contributed by atoms with E-state index in [1.165, 1.54) is 6.08 Å². The predicted molar refractivity (Wildman–Crippen MR) is 172 cm³/mol. The molecule has 8 rings (SSSR count). The molecule has 6 heterocycles. The molecule has 4 aliphatic heterocycles. The molecule has 0 bridgehead atoms. The fraction of sp³-hybridized carbons (Fsp3) is 0.371. The molecule has 4 atom stereocenters. The Kier molecular flexibility index (Phi) is 6.36. The molecule has 4 aromatic rings. The van der Waals surface area contributed by atoms with Crippen molar-refractivity contribution in [3.8, 4) is 17.1 Å². The molecule has 4 aliphatic rings.